The number of hydrogen-bond acceptors (Lipinski definition) is 3. The topological polar surface area (TPSA) is 54.5 Å². The fourth-order valence-corrected chi connectivity index (χ4v) is 3.79. The molecule has 0 aliphatic carbocycles. The van der Waals surface area contributed by atoms with E-state index in [1.807, 2.05) is 4.90 Å². The molecule has 0 aromatic heterocycles. The molecule has 0 N–H and O–H groups in total. The van der Waals surface area contributed by atoms with Crippen LogP contribution < -0.4 is 0 Å². The summed E-state index contributed by atoms with van der Waals surface area (Å²) in [6, 6.07) is 0. The average Bonchev–Trinajstić information content (AvgIpc) is 2.54. The number of nitrogens with zero attached hydrogens (tertiary/aromatic N) is 1. The number of carbonyl (C=O) groups excluding carboxylic acids is 1. The fraction of sp³-hybridized carbons (Fsp3) is 0.800. The standard InChI is InChI=1S/C15H27NO3S/c1-12(2)9-16(11-15(3,4)5)14(17)8-13-6-7-20(18,19)10-13/h6-7,12-13H,8-11H2,1-5H3. The largest absolute Gasteiger partial charge is 0.342 e. The second-order valence-electron chi connectivity index (χ2n) is 7.35. The molecule has 1 rings (SSSR count). The van der Waals surface area contributed by atoms with Gasteiger partial charge in [-0.1, -0.05) is 40.7 Å². The van der Waals surface area contributed by atoms with Gasteiger partial charge in [0.05, 0.1) is 5.75 Å². The predicted molar refractivity (Wildman–Crippen MR) is 81.9 cm³/mol. The summed E-state index contributed by atoms with van der Waals surface area (Å²) in [6.45, 7) is 11.9. The Morgan fingerprint density at radius 3 is 2.35 bits per heavy atom. The van der Waals surface area contributed by atoms with Crippen LogP contribution in [0.3, 0.4) is 0 Å². The van der Waals surface area contributed by atoms with Crippen LogP contribution in [0, 0.1) is 17.3 Å². The molecular formula is C15H27NO3S. The first-order valence-electron chi connectivity index (χ1n) is 7.17. The van der Waals surface area contributed by atoms with Crippen molar-refractivity contribution >= 4 is 15.7 Å². The number of sulfone groups is 1. The summed E-state index contributed by atoms with van der Waals surface area (Å²) in [7, 11) is -3.08. The maximum absolute atomic E-state index is 12.4. The molecule has 1 unspecified atom stereocenters. The van der Waals surface area contributed by atoms with Crippen molar-refractivity contribution in [1.29, 1.82) is 0 Å². The number of allylic oxidation sites excluding steroid dienone is 1. The number of carbonyl (C=O) groups is 1. The third-order valence-corrected chi connectivity index (χ3v) is 4.51. The third-order valence-electron chi connectivity index (χ3n) is 3.04. The van der Waals surface area contributed by atoms with Gasteiger partial charge >= 0.3 is 0 Å². The lowest BCUT2D eigenvalue weighted by atomic mass is 9.95. The maximum Gasteiger partial charge on any atom is 0.223 e. The number of amides is 1. The second kappa shape index (κ2) is 6.29. The van der Waals surface area contributed by atoms with E-state index in [0.717, 1.165) is 6.54 Å². The molecule has 0 saturated heterocycles. The zero-order valence-electron chi connectivity index (χ0n) is 13.2. The number of rotatable bonds is 5. The fourth-order valence-electron chi connectivity index (χ4n) is 2.39. The molecule has 1 atom stereocenters. The van der Waals surface area contributed by atoms with E-state index in [2.05, 4.69) is 34.6 Å². The Balaban J connectivity index is 2.66. The minimum absolute atomic E-state index is 0.0438. The molecule has 116 valence electrons. The van der Waals surface area contributed by atoms with Crippen molar-refractivity contribution in [3.63, 3.8) is 0 Å². The lowest BCUT2D eigenvalue weighted by Crippen LogP contribution is -2.40. The molecule has 0 aromatic rings. The highest BCUT2D eigenvalue weighted by molar-refractivity contribution is 7.94. The van der Waals surface area contributed by atoms with Crippen molar-refractivity contribution in [3.8, 4) is 0 Å². The molecule has 0 aromatic carbocycles. The maximum atomic E-state index is 12.4. The molecule has 4 nitrogen and oxygen atoms in total. The molecule has 0 bridgehead atoms. The summed E-state index contributed by atoms with van der Waals surface area (Å²) in [6.07, 6.45) is 1.94. The van der Waals surface area contributed by atoms with Crippen LogP contribution >= 0.6 is 0 Å². The van der Waals surface area contributed by atoms with Gasteiger partial charge in [-0.3, -0.25) is 4.79 Å². The number of hydrogen-bond donors (Lipinski definition) is 0. The molecule has 1 heterocycles. The van der Waals surface area contributed by atoms with Crippen LogP contribution in [0.1, 0.15) is 41.0 Å². The van der Waals surface area contributed by atoms with Crippen molar-refractivity contribution in [1.82, 2.24) is 4.90 Å². The van der Waals surface area contributed by atoms with Gasteiger partial charge in [-0.2, -0.15) is 0 Å². The van der Waals surface area contributed by atoms with E-state index in [-0.39, 0.29) is 23.0 Å². The van der Waals surface area contributed by atoms with E-state index < -0.39 is 9.84 Å². The van der Waals surface area contributed by atoms with Crippen molar-refractivity contribution < 1.29 is 13.2 Å². The van der Waals surface area contributed by atoms with E-state index >= 15 is 0 Å². The Morgan fingerprint density at radius 2 is 1.95 bits per heavy atom. The molecule has 1 aliphatic rings. The lowest BCUT2D eigenvalue weighted by molar-refractivity contribution is -0.133. The zero-order valence-corrected chi connectivity index (χ0v) is 14.0. The van der Waals surface area contributed by atoms with Gasteiger partial charge < -0.3 is 4.90 Å². The minimum Gasteiger partial charge on any atom is -0.342 e. The van der Waals surface area contributed by atoms with Crippen molar-refractivity contribution in [2.45, 2.75) is 41.0 Å². The van der Waals surface area contributed by atoms with Crippen LogP contribution in [0.15, 0.2) is 11.5 Å². The normalized spacial score (nSPS) is 21.4. The minimum atomic E-state index is -3.08. The Morgan fingerprint density at radius 1 is 1.35 bits per heavy atom. The second-order valence-corrected chi connectivity index (χ2v) is 9.28. The molecule has 0 spiro atoms. The molecular weight excluding hydrogens is 274 g/mol. The van der Waals surface area contributed by atoms with Crippen LogP contribution in [0.25, 0.3) is 0 Å². The van der Waals surface area contributed by atoms with E-state index in [9.17, 15) is 13.2 Å². The SMILES string of the molecule is CC(C)CN(CC(C)(C)C)C(=O)CC1C=CS(=O)(=O)C1. The van der Waals surface area contributed by atoms with Crippen LogP contribution in [0.4, 0.5) is 0 Å². The summed E-state index contributed by atoms with van der Waals surface area (Å²) in [5, 5.41) is 1.24. The first-order chi connectivity index (χ1) is 8.98. The Bertz CT molecular complexity index is 472. The molecule has 0 radical (unpaired) electrons. The highest BCUT2D eigenvalue weighted by Crippen LogP contribution is 2.22. The molecule has 20 heavy (non-hydrogen) atoms. The van der Waals surface area contributed by atoms with Gasteiger partial charge in [0.1, 0.15) is 0 Å². The summed E-state index contributed by atoms with van der Waals surface area (Å²) in [5.41, 5.74) is 0.0438. The average molecular weight is 301 g/mol. The van der Waals surface area contributed by atoms with Gasteiger partial charge in [0.2, 0.25) is 5.91 Å². The monoisotopic (exact) mass is 301 g/mol. The van der Waals surface area contributed by atoms with Gasteiger partial charge in [-0.05, 0) is 11.3 Å². The molecule has 0 saturated carbocycles. The van der Waals surface area contributed by atoms with Crippen molar-refractivity contribution in [2.24, 2.45) is 17.3 Å². The third kappa shape index (κ3) is 6.07. The lowest BCUT2D eigenvalue weighted by Gasteiger charge is -2.32. The summed E-state index contributed by atoms with van der Waals surface area (Å²) < 4.78 is 22.8. The van der Waals surface area contributed by atoms with Crippen molar-refractivity contribution in [3.05, 3.63) is 11.5 Å². The highest BCUT2D eigenvalue weighted by Gasteiger charge is 2.27. The van der Waals surface area contributed by atoms with E-state index in [1.54, 1.807) is 6.08 Å². The van der Waals surface area contributed by atoms with Gasteiger partial charge in [-0.25, -0.2) is 8.42 Å². The Kier molecular flexibility index (Phi) is 5.41. The van der Waals surface area contributed by atoms with Crippen LogP contribution in [0.2, 0.25) is 0 Å². The molecule has 1 aliphatic heterocycles. The summed E-state index contributed by atoms with van der Waals surface area (Å²) in [4.78, 5) is 14.3. The van der Waals surface area contributed by atoms with Gasteiger partial charge in [0.25, 0.3) is 0 Å². The van der Waals surface area contributed by atoms with E-state index in [0.29, 0.717) is 18.9 Å². The Hall–Kier alpha value is -0.840. The van der Waals surface area contributed by atoms with Crippen LogP contribution in [-0.4, -0.2) is 38.1 Å². The summed E-state index contributed by atoms with van der Waals surface area (Å²) >= 11 is 0. The zero-order chi connectivity index (χ0) is 15.6. The predicted octanol–water partition coefficient (Wildman–Crippen LogP) is 2.47. The van der Waals surface area contributed by atoms with Crippen LogP contribution in [-0.2, 0) is 14.6 Å². The van der Waals surface area contributed by atoms with Gasteiger partial charge in [0.15, 0.2) is 9.84 Å². The van der Waals surface area contributed by atoms with Gasteiger partial charge in [-0.15, -0.1) is 0 Å². The van der Waals surface area contributed by atoms with E-state index in [4.69, 9.17) is 0 Å². The highest BCUT2D eigenvalue weighted by atomic mass is 32.2. The first-order valence-corrected chi connectivity index (χ1v) is 8.89. The summed E-state index contributed by atoms with van der Waals surface area (Å²) in [5.74, 6) is 0.371. The molecule has 5 heteroatoms. The van der Waals surface area contributed by atoms with Gasteiger partial charge in [0, 0.05) is 30.8 Å². The molecule has 1 amide bonds. The smallest absolute Gasteiger partial charge is 0.223 e. The Labute approximate surface area is 123 Å². The van der Waals surface area contributed by atoms with E-state index in [1.165, 1.54) is 5.41 Å². The quantitative estimate of drug-likeness (QED) is 0.784. The van der Waals surface area contributed by atoms with Crippen LogP contribution in [0.5, 0.6) is 0 Å². The first kappa shape index (κ1) is 17.2. The molecule has 0 fully saturated rings. The van der Waals surface area contributed by atoms with Crippen molar-refractivity contribution in [2.75, 3.05) is 18.8 Å².